The van der Waals surface area contributed by atoms with E-state index < -0.39 is 24.2 Å². The number of hydrogen-bond donors (Lipinski definition) is 2. The van der Waals surface area contributed by atoms with Crippen LogP contribution in [-0.4, -0.2) is 29.3 Å². The standard InChI is InChI=1S/C19H14BrFN2O4/c1-10(24)22-11-6-7-12(14(21)8-11)16(25)9-27-19(26)18-17(20)13-4-2-3-5-15(13)23-18/h2-8,23H,9H2,1H3,(H,22,24). The monoisotopic (exact) mass is 432 g/mol. The smallest absolute Gasteiger partial charge is 0.356 e. The van der Waals surface area contributed by atoms with Crippen molar-refractivity contribution in [2.24, 2.45) is 0 Å². The highest BCUT2D eigenvalue weighted by molar-refractivity contribution is 9.10. The summed E-state index contributed by atoms with van der Waals surface area (Å²) < 4.78 is 19.6. The van der Waals surface area contributed by atoms with Gasteiger partial charge in [-0.25, -0.2) is 9.18 Å². The van der Waals surface area contributed by atoms with Crippen molar-refractivity contribution < 1.29 is 23.5 Å². The molecule has 8 heteroatoms. The zero-order valence-corrected chi connectivity index (χ0v) is 15.7. The molecule has 0 aliphatic rings. The molecule has 6 nitrogen and oxygen atoms in total. The number of benzene rings is 2. The average molecular weight is 433 g/mol. The highest BCUT2D eigenvalue weighted by Gasteiger charge is 2.20. The second kappa shape index (κ2) is 7.71. The Hall–Kier alpha value is -3.00. The lowest BCUT2D eigenvalue weighted by atomic mass is 10.1. The number of ketones is 1. The molecule has 0 aliphatic carbocycles. The van der Waals surface area contributed by atoms with Gasteiger partial charge in [-0.2, -0.15) is 0 Å². The molecule has 3 aromatic rings. The number of ether oxygens (including phenoxy) is 1. The third-order valence-corrected chi connectivity index (χ3v) is 4.59. The zero-order chi connectivity index (χ0) is 19.6. The number of rotatable bonds is 5. The molecule has 0 saturated heterocycles. The molecule has 0 bridgehead atoms. The maximum Gasteiger partial charge on any atom is 0.356 e. The van der Waals surface area contributed by atoms with Crippen LogP contribution in [0.2, 0.25) is 0 Å². The van der Waals surface area contributed by atoms with Crippen LogP contribution >= 0.6 is 15.9 Å². The van der Waals surface area contributed by atoms with Crippen LogP contribution in [0.1, 0.15) is 27.8 Å². The number of carbonyl (C=O) groups excluding carboxylic acids is 3. The molecule has 0 spiro atoms. The first kappa shape index (κ1) is 18.8. The maximum absolute atomic E-state index is 14.1. The van der Waals surface area contributed by atoms with E-state index in [9.17, 15) is 18.8 Å². The van der Waals surface area contributed by atoms with Crippen molar-refractivity contribution >= 4 is 50.2 Å². The highest BCUT2D eigenvalue weighted by Crippen LogP contribution is 2.28. The van der Waals surface area contributed by atoms with Crippen LogP contribution in [0.4, 0.5) is 10.1 Å². The van der Waals surface area contributed by atoms with Crippen LogP contribution < -0.4 is 5.32 Å². The van der Waals surface area contributed by atoms with Gasteiger partial charge in [-0.15, -0.1) is 0 Å². The lowest BCUT2D eigenvalue weighted by molar-refractivity contribution is -0.114. The number of Topliss-reactive ketones (excluding diaryl/α,β-unsaturated/α-hetero) is 1. The number of carbonyl (C=O) groups is 3. The van der Waals surface area contributed by atoms with Crippen molar-refractivity contribution in [3.63, 3.8) is 0 Å². The number of anilines is 1. The van der Waals surface area contributed by atoms with E-state index in [2.05, 4.69) is 26.2 Å². The van der Waals surface area contributed by atoms with E-state index in [1.54, 1.807) is 6.07 Å². The first-order valence-corrected chi connectivity index (χ1v) is 8.70. The molecule has 3 rings (SSSR count). The van der Waals surface area contributed by atoms with Gasteiger partial charge in [-0.1, -0.05) is 18.2 Å². The molecule has 27 heavy (non-hydrogen) atoms. The largest absolute Gasteiger partial charge is 0.453 e. The Labute approximate surface area is 161 Å². The van der Waals surface area contributed by atoms with Crippen LogP contribution in [0.3, 0.4) is 0 Å². The van der Waals surface area contributed by atoms with Gasteiger partial charge in [0.1, 0.15) is 11.5 Å². The number of para-hydroxylation sites is 1. The van der Waals surface area contributed by atoms with E-state index in [1.807, 2.05) is 18.2 Å². The third-order valence-electron chi connectivity index (χ3n) is 3.77. The second-order valence-corrected chi connectivity index (χ2v) is 6.53. The minimum absolute atomic E-state index is 0.172. The van der Waals surface area contributed by atoms with Crippen LogP contribution in [0.25, 0.3) is 10.9 Å². The third kappa shape index (κ3) is 4.06. The molecule has 2 aromatic carbocycles. The average Bonchev–Trinajstić information content (AvgIpc) is 2.96. The molecule has 138 valence electrons. The quantitative estimate of drug-likeness (QED) is 0.469. The number of amides is 1. The van der Waals surface area contributed by atoms with Crippen molar-refractivity contribution in [1.29, 1.82) is 0 Å². The van der Waals surface area contributed by atoms with E-state index in [1.165, 1.54) is 19.1 Å². The number of H-pyrrole nitrogens is 1. The Kier molecular flexibility index (Phi) is 5.36. The fourth-order valence-electron chi connectivity index (χ4n) is 2.55. The van der Waals surface area contributed by atoms with Crippen LogP contribution in [0.15, 0.2) is 46.9 Å². The topological polar surface area (TPSA) is 88.3 Å². The van der Waals surface area contributed by atoms with Gasteiger partial charge in [-0.3, -0.25) is 9.59 Å². The minimum Gasteiger partial charge on any atom is -0.453 e. The molecule has 0 radical (unpaired) electrons. The van der Waals surface area contributed by atoms with Crippen molar-refractivity contribution in [1.82, 2.24) is 4.98 Å². The fraction of sp³-hybridized carbons (Fsp3) is 0.105. The van der Waals surface area contributed by atoms with Gasteiger partial charge in [0.05, 0.1) is 10.0 Å². The number of esters is 1. The maximum atomic E-state index is 14.1. The molecule has 0 unspecified atom stereocenters. The predicted octanol–water partition coefficient (Wildman–Crippen LogP) is 4.07. The summed E-state index contributed by atoms with van der Waals surface area (Å²) in [4.78, 5) is 38.3. The summed E-state index contributed by atoms with van der Waals surface area (Å²) in [7, 11) is 0. The first-order valence-electron chi connectivity index (χ1n) is 7.90. The normalized spacial score (nSPS) is 10.6. The van der Waals surface area contributed by atoms with Gasteiger partial charge in [0.2, 0.25) is 11.7 Å². The number of halogens is 2. The highest BCUT2D eigenvalue weighted by atomic mass is 79.9. The van der Waals surface area contributed by atoms with E-state index >= 15 is 0 Å². The van der Waals surface area contributed by atoms with E-state index in [0.29, 0.717) is 4.47 Å². The molecule has 0 aliphatic heterocycles. The molecule has 1 heterocycles. The lowest BCUT2D eigenvalue weighted by Crippen LogP contribution is -2.16. The summed E-state index contributed by atoms with van der Waals surface area (Å²) in [5.74, 6) is -2.59. The van der Waals surface area contributed by atoms with Gasteiger partial charge in [-0.05, 0) is 40.2 Å². The fourth-order valence-corrected chi connectivity index (χ4v) is 3.16. The first-order chi connectivity index (χ1) is 12.9. The number of nitrogens with one attached hydrogen (secondary N) is 2. The van der Waals surface area contributed by atoms with Crippen LogP contribution in [0.5, 0.6) is 0 Å². The van der Waals surface area contributed by atoms with E-state index in [0.717, 1.165) is 17.0 Å². The molecule has 0 fully saturated rings. The summed E-state index contributed by atoms with van der Waals surface area (Å²) in [5.41, 5.74) is 0.913. The minimum atomic E-state index is -0.811. The van der Waals surface area contributed by atoms with E-state index in [4.69, 9.17) is 4.74 Å². The second-order valence-electron chi connectivity index (χ2n) is 5.73. The zero-order valence-electron chi connectivity index (χ0n) is 14.1. The Morgan fingerprint density at radius 2 is 1.93 bits per heavy atom. The van der Waals surface area contributed by atoms with Gasteiger partial charge in [0.15, 0.2) is 6.61 Å². The van der Waals surface area contributed by atoms with Crippen molar-refractivity contribution in [3.05, 3.63) is 64.0 Å². The molecule has 2 N–H and O–H groups in total. The summed E-state index contributed by atoms with van der Waals surface area (Å²) >= 11 is 3.33. The van der Waals surface area contributed by atoms with Crippen LogP contribution in [-0.2, 0) is 9.53 Å². The Morgan fingerprint density at radius 3 is 2.59 bits per heavy atom. The molecule has 0 atom stereocenters. The number of fused-ring (bicyclic) bond motifs is 1. The number of aromatic nitrogens is 1. The molecular weight excluding hydrogens is 419 g/mol. The molecular formula is C19H14BrFN2O4. The summed E-state index contributed by atoms with van der Waals surface area (Å²) in [6.07, 6.45) is 0. The van der Waals surface area contributed by atoms with Crippen LogP contribution in [0, 0.1) is 5.82 Å². The lowest BCUT2D eigenvalue weighted by Gasteiger charge is -2.07. The van der Waals surface area contributed by atoms with Gasteiger partial charge >= 0.3 is 5.97 Å². The van der Waals surface area contributed by atoms with Gasteiger partial charge in [0.25, 0.3) is 0 Å². The summed E-state index contributed by atoms with van der Waals surface area (Å²) in [5, 5.41) is 3.22. The summed E-state index contributed by atoms with van der Waals surface area (Å²) in [6, 6.07) is 10.9. The van der Waals surface area contributed by atoms with E-state index in [-0.39, 0.29) is 22.9 Å². The Morgan fingerprint density at radius 1 is 1.19 bits per heavy atom. The summed E-state index contributed by atoms with van der Waals surface area (Å²) in [6.45, 7) is 0.676. The number of hydrogen-bond acceptors (Lipinski definition) is 4. The molecule has 1 amide bonds. The van der Waals surface area contributed by atoms with Gasteiger partial charge in [0, 0.05) is 23.5 Å². The van der Waals surface area contributed by atoms with Gasteiger partial charge < -0.3 is 15.0 Å². The van der Waals surface area contributed by atoms with Crippen molar-refractivity contribution in [3.8, 4) is 0 Å². The molecule has 0 saturated carbocycles. The van der Waals surface area contributed by atoms with Crippen molar-refractivity contribution in [2.75, 3.05) is 11.9 Å². The van der Waals surface area contributed by atoms with Crippen molar-refractivity contribution in [2.45, 2.75) is 6.92 Å². The molecule has 1 aromatic heterocycles. The SMILES string of the molecule is CC(=O)Nc1ccc(C(=O)COC(=O)c2[nH]c3ccccc3c2Br)c(F)c1. The Balaban J connectivity index is 1.70. The predicted molar refractivity (Wildman–Crippen MR) is 101 cm³/mol. The Bertz CT molecular complexity index is 1060. The number of aromatic amines is 1.